The molecule has 0 unspecified atom stereocenters. The minimum atomic E-state index is -0.510. The first-order valence-electron chi connectivity index (χ1n) is 7.81. The van der Waals surface area contributed by atoms with E-state index in [9.17, 15) is 10.1 Å². The second-order valence-electron chi connectivity index (χ2n) is 5.52. The molecule has 0 aliphatic heterocycles. The molecule has 26 heavy (non-hydrogen) atoms. The molecule has 0 bridgehead atoms. The topological polar surface area (TPSA) is 102 Å². The maximum absolute atomic E-state index is 11.6. The van der Waals surface area contributed by atoms with Crippen molar-refractivity contribution in [2.45, 2.75) is 6.92 Å². The van der Waals surface area contributed by atoms with E-state index in [0.717, 1.165) is 5.56 Å². The average molecular weight is 351 g/mol. The summed E-state index contributed by atoms with van der Waals surface area (Å²) >= 11 is 0. The third kappa shape index (κ3) is 3.86. The number of nitro groups is 1. The number of methoxy groups -OCH3 is 1. The number of rotatable bonds is 6. The van der Waals surface area contributed by atoms with Crippen LogP contribution in [0.1, 0.15) is 5.56 Å². The predicted molar refractivity (Wildman–Crippen MR) is 99.4 cm³/mol. The van der Waals surface area contributed by atoms with Gasteiger partial charge in [-0.2, -0.15) is 0 Å². The van der Waals surface area contributed by atoms with Crippen LogP contribution in [0.2, 0.25) is 0 Å². The van der Waals surface area contributed by atoms with Gasteiger partial charge in [0.15, 0.2) is 0 Å². The fraction of sp³-hybridized carbons (Fsp3) is 0.111. The molecule has 1 heterocycles. The van der Waals surface area contributed by atoms with Crippen molar-refractivity contribution in [2.24, 2.45) is 0 Å². The van der Waals surface area contributed by atoms with Crippen LogP contribution in [-0.4, -0.2) is 22.0 Å². The van der Waals surface area contributed by atoms with Crippen molar-refractivity contribution in [1.29, 1.82) is 0 Å². The van der Waals surface area contributed by atoms with E-state index in [1.54, 1.807) is 31.4 Å². The number of hydrogen-bond acceptors (Lipinski definition) is 7. The number of hydrogen-bond donors (Lipinski definition) is 2. The van der Waals surface area contributed by atoms with E-state index in [2.05, 4.69) is 20.6 Å². The van der Waals surface area contributed by atoms with Gasteiger partial charge in [0.1, 0.15) is 12.1 Å². The van der Waals surface area contributed by atoms with E-state index < -0.39 is 4.92 Å². The Labute approximate surface area is 150 Å². The number of nitrogens with one attached hydrogen (secondary N) is 2. The zero-order chi connectivity index (χ0) is 18.5. The normalized spacial score (nSPS) is 10.2. The highest BCUT2D eigenvalue weighted by Crippen LogP contribution is 2.33. The molecule has 0 aliphatic carbocycles. The van der Waals surface area contributed by atoms with Gasteiger partial charge in [0.25, 0.3) is 0 Å². The van der Waals surface area contributed by atoms with Crippen molar-refractivity contribution in [3.63, 3.8) is 0 Å². The van der Waals surface area contributed by atoms with Crippen LogP contribution in [0, 0.1) is 17.0 Å². The molecule has 2 aromatic carbocycles. The number of anilines is 4. The van der Waals surface area contributed by atoms with Crippen LogP contribution in [0.5, 0.6) is 5.75 Å². The molecule has 3 rings (SSSR count). The lowest BCUT2D eigenvalue weighted by molar-refractivity contribution is -0.383. The zero-order valence-corrected chi connectivity index (χ0v) is 14.3. The van der Waals surface area contributed by atoms with Gasteiger partial charge in [-0.1, -0.05) is 12.1 Å². The lowest BCUT2D eigenvalue weighted by Crippen LogP contribution is -2.05. The Bertz CT molecular complexity index is 928. The summed E-state index contributed by atoms with van der Waals surface area (Å²) in [6, 6.07) is 14.5. The number of benzene rings is 2. The quantitative estimate of drug-likeness (QED) is 0.507. The summed E-state index contributed by atoms with van der Waals surface area (Å²) in [6.45, 7) is 1.94. The highest BCUT2D eigenvalue weighted by atomic mass is 16.6. The van der Waals surface area contributed by atoms with Crippen molar-refractivity contribution >= 4 is 28.7 Å². The first-order valence-corrected chi connectivity index (χ1v) is 7.81. The van der Waals surface area contributed by atoms with Gasteiger partial charge >= 0.3 is 5.69 Å². The van der Waals surface area contributed by atoms with Crippen LogP contribution >= 0.6 is 0 Å². The van der Waals surface area contributed by atoms with Crippen molar-refractivity contribution in [1.82, 2.24) is 9.97 Å². The standard InChI is InChI=1S/C18H17N5O3/c1-12-4-3-5-14(10-12)22-18-16(23(24)25)17(19-11-20-18)21-13-6-8-15(26-2)9-7-13/h3-11H,1-2H3,(H2,19,20,21,22). The summed E-state index contributed by atoms with van der Waals surface area (Å²) in [5, 5.41) is 17.6. The van der Waals surface area contributed by atoms with E-state index in [1.165, 1.54) is 6.33 Å². The molecule has 8 heteroatoms. The third-order valence-electron chi connectivity index (χ3n) is 3.64. The second-order valence-corrected chi connectivity index (χ2v) is 5.52. The first-order chi connectivity index (χ1) is 12.6. The fourth-order valence-electron chi connectivity index (χ4n) is 2.41. The lowest BCUT2D eigenvalue weighted by Gasteiger charge is -2.10. The van der Waals surface area contributed by atoms with Crippen molar-refractivity contribution in [3.8, 4) is 5.75 Å². The molecule has 0 atom stereocenters. The number of nitrogens with zero attached hydrogens (tertiary/aromatic N) is 3. The molecule has 0 spiro atoms. The average Bonchev–Trinajstić information content (AvgIpc) is 2.62. The molecular weight excluding hydrogens is 334 g/mol. The lowest BCUT2D eigenvalue weighted by atomic mass is 10.2. The Balaban J connectivity index is 1.93. The smallest absolute Gasteiger partial charge is 0.353 e. The summed E-state index contributed by atoms with van der Waals surface area (Å²) in [5.41, 5.74) is 2.16. The van der Waals surface area contributed by atoms with E-state index in [-0.39, 0.29) is 17.3 Å². The number of aryl methyl sites for hydroxylation is 1. The second kappa shape index (κ2) is 7.47. The Kier molecular flexibility index (Phi) is 4.93. The Morgan fingerprint density at radius 3 is 2.23 bits per heavy atom. The van der Waals surface area contributed by atoms with Crippen LogP contribution in [0.25, 0.3) is 0 Å². The van der Waals surface area contributed by atoms with Crippen LogP contribution in [0.4, 0.5) is 28.7 Å². The summed E-state index contributed by atoms with van der Waals surface area (Å²) in [5.74, 6) is 0.909. The Hall–Kier alpha value is -3.68. The minimum absolute atomic E-state index is 0.102. The maximum Gasteiger partial charge on any atom is 0.353 e. The van der Waals surface area contributed by atoms with Crippen molar-refractivity contribution in [3.05, 3.63) is 70.5 Å². The molecule has 0 saturated carbocycles. The van der Waals surface area contributed by atoms with Crippen molar-refractivity contribution in [2.75, 3.05) is 17.7 Å². The van der Waals surface area contributed by atoms with Gasteiger partial charge in [-0.15, -0.1) is 0 Å². The number of ether oxygens (including phenoxy) is 1. The molecule has 0 fully saturated rings. The van der Waals surface area contributed by atoms with Gasteiger partial charge < -0.3 is 15.4 Å². The maximum atomic E-state index is 11.6. The highest BCUT2D eigenvalue weighted by Gasteiger charge is 2.23. The molecule has 0 radical (unpaired) electrons. The molecule has 2 N–H and O–H groups in total. The summed E-state index contributed by atoms with van der Waals surface area (Å²) in [6.07, 6.45) is 1.27. The van der Waals surface area contributed by atoms with Crippen molar-refractivity contribution < 1.29 is 9.66 Å². The van der Waals surface area contributed by atoms with Crippen LogP contribution in [0.15, 0.2) is 54.9 Å². The molecule has 0 aliphatic rings. The third-order valence-corrected chi connectivity index (χ3v) is 3.64. The van der Waals surface area contributed by atoms with Crippen LogP contribution in [-0.2, 0) is 0 Å². The Morgan fingerprint density at radius 2 is 1.65 bits per heavy atom. The van der Waals surface area contributed by atoms with Gasteiger partial charge in [-0.25, -0.2) is 9.97 Å². The molecule has 0 saturated heterocycles. The highest BCUT2D eigenvalue weighted by molar-refractivity contribution is 5.76. The fourth-order valence-corrected chi connectivity index (χ4v) is 2.41. The van der Waals surface area contributed by atoms with Crippen LogP contribution < -0.4 is 15.4 Å². The Morgan fingerprint density at radius 1 is 1.00 bits per heavy atom. The minimum Gasteiger partial charge on any atom is -0.497 e. The largest absolute Gasteiger partial charge is 0.497 e. The molecular formula is C18H17N5O3. The zero-order valence-electron chi connectivity index (χ0n) is 14.3. The summed E-state index contributed by atoms with van der Waals surface area (Å²) in [7, 11) is 1.57. The molecule has 8 nitrogen and oxygen atoms in total. The first kappa shape index (κ1) is 17.2. The van der Waals surface area contributed by atoms with E-state index >= 15 is 0 Å². The molecule has 3 aromatic rings. The SMILES string of the molecule is COc1ccc(Nc2ncnc(Nc3cccc(C)c3)c2[N+](=O)[O-])cc1. The molecule has 0 amide bonds. The van der Waals surface area contributed by atoms with Crippen LogP contribution in [0.3, 0.4) is 0 Å². The van der Waals surface area contributed by atoms with Gasteiger partial charge in [0.2, 0.25) is 11.6 Å². The summed E-state index contributed by atoms with van der Waals surface area (Å²) in [4.78, 5) is 19.2. The predicted octanol–water partition coefficient (Wildman–Crippen LogP) is 4.19. The van der Waals surface area contributed by atoms with E-state index in [1.807, 2.05) is 31.2 Å². The van der Waals surface area contributed by atoms with Gasteiger partial charge in [0.05, 0.1) is 12.0 Å². The van der Waals surface area contributed by atoms with E-state index in [4.69, 9.17) is 4.74 Å². The van der Waals surface area contributed by atoms with Gasteiger partial charge in [-0.3, -0.25) is 10.1 Å². The van der Waals surface area contributed by atoms with E-state index in [0.29, 0.717) is 17.1 Å². The molecule has 132 valence electrons. The number of aromatic nitrogens is 2. The van der Waals surface area contributed by atoms with Gasteiger partial charge in [-0.05, 0) is 48.9 Å². The molecule has 1 aromatic heterocycles. The monoisotopic (exact) mass is 351 g/mol. The van der Waals surface area contributed by atoms with Gasteiger partial charge in [0, 0.05) is 11.4 Å². The summed E-state index contributed by atoms with van der Waals surface area (Å²) < 4.78 is 5.10.